The van der Waals surface area contributed by atoms with E-state index in [9.17, 15) is 14.4 Å². The first-order valence-electron chi connectivity index (χ1n) is 13.1. The summed E-state index contributed by atoms with van der Waals surface area (Å²) in [5.74, 6) is -0.667. The summed E-state index contributed by atoms with van der Waals surface area (Å²) < 4.78 is 0.922. The lowest BCUT2D eigenvalue weighted by atomic mass is 10.0. The highest BCUT2D eigenvalue weighted by Gasteiger charge is 2.26. The van der Waals surface area contributed by atoms with E-state index >= 15 is 0 Å². The summed E-state index contributed by atoms with van der Waals surface area (Å²) in [5, 5.41) is 10.3. The van der Waals surface area contributed by atoms with E-state index in [4.69, 9.17) is 11.6 Å². The maximum atomic E-state index is 13.6. The Kier molecular flexibility index (Phi) is 10.1. The highest BCUT2D eigenvalue weighted by Crippen LogP contribution is 2.26. The van der Waals surface area contributed by atoms with Crippen molar-refractivity contribution in [2.24, 2.45) is 0 Å². The molecule has 2 atom stereocenters. The number of thiazole rings is 1. The topological polar surface area (TPSA) is 103 Å². The average Bonchev–Trinajstić information content (AvgIpc) is 3.33. The zero-order valence-electron chi connectivity index (χ0n) is 22.2. The number of likely N-dealkylation sites (N-methyl/N-ethyl adjacent to an activating group) is 1. The van der Waals surface area contributed by atoms with Crippen molar-refractivity contribution in [1.82, 2.24) is 25.8 Å². The number of carbonyl (C=O) groups is 3. The van der Waals surface area contributed by atoms with E-state index < -0.39 is 6.04 Å². The Bertz CT molecular complexity index is 1340. The molecular weight excluding hydrogens is 534 g/mol. The van der Waals surface area contributed by atoms with Crippen molar-refractivity contribution < 1.29 is 14.4 Å². The molecule has 10 heteroatoms. The molecule has 0 fully saturated rings. The molecule has 0 radical (unpaired) electrons. The molecule has 1 aromatic heterocycles. The summed E-state index contributed by atoms with van der Waals surface area (Å²) in [6, 6.07) is 14.1. The third-order valence-corrected chi connectivity index (χ3v) is 7.84. The molecule has 0 saturated heterocycles. The molecule has 2 heterocycles. The maximum absolute atomic E-state index is 13.6. The summed E-state index contributed by atoms with van der Waals surface area (Å²) in [4.78, 5) is 45.5. The van der Waals surface area contributed by atoms with Gasteiger partial charge in [-0.15, -0.1) is 11.3 Å². The van der Waals surface area contributed by atoms with E-state index in [1.807, 2.05) is 55.6 Å². The Balaban J connectivity index is 1.49. The maximum Gasteiger partial charge on any atom is 0.248 e. The molecule has 0 saturated carbocycles. The Labute approximate surface area is 237 Å². The highest BCUT2D eigenvalue weighted by atomic mass is 35.5. The van der Waals surface area contributed by atoms with Gasteiger partial charge in [0.2, 0.25) is 17.7 Å². The van der Waals surface area contributed by atoms with E-state index in [2.05, 4.69) is 25.8 Å². The summed E-state index contributed by atoms with van der Waals surface area (Å²) in [6.07, 6.45) is 3.84. The molecule has 3 N–H and O–H groups in total. The highest BCUT2D eigenvalue weighted by molar-refractivity contribution is 7.18. The Hall–Kier alpha value is -3.27. The van der Waals surface area contributed by atoms with Crippen molar-refractivity contribution in [2.75, 3.05) is 26.7 Å². The molecule has 0 aliphatic carbocycles. The second-order valence-corrected chi connectivity index (χ2v) is 11.3. The fraction of sp³-hybridized carbons (Fsp3) is 0.379. The largest absolute Gasteiger partial charge is 0.350 e. The molecule has 3 amide bonds. The van der Waals surface area contributed by atoms with Crippen LogP contribution in [-0.4, -0.2) is 66.4 Å². The number of carbonyl (C=O) groups excluding carboxylic acids is 3. The van der Waals surface area contributed by atoms with Gasteiger partial charge in [0, 0.05) is 43.1 Å². The van der Waals surface area contributed by atoms with Gasteiger partial charge in [0.25, 0.3) is 0 Å². The Morgan fingerprint density at radius 2 is 1.90 bits per heavy atom. The number of hydrogen-bond donors (Lipinski definition) is 3. The van der Waals surface area contributed by atoms with Gasteiger partial charge in [0.15, 0.2) is 0 Å². The van der Waals surface area contributed by atoms with Gasteiger partial charge in [-0.1, -0.05) is 54.9 Å². The summed E-state index contributed by atoms with van der Waals surface area (Å²) in [6.45, 7) is 3.53. The average molecular weight is 568 g/mol. The third kappa shape index (κ3) is 8.36. The van der Waals surface area contributed by atoms with Crippen molar-refractivity contribution in [2.45, 2.75) is 44.7 Å². The van der Waals surface area contributed by atoms with Crippen molar-refractivity contribution >= 4 is 50.9 Å². The number of aromatic nitrogens is 1. The second-order valence-electron chi connectivity index (χ2n) is 9.76. The molecule has 206 valence electrons. The Morgan fingerprint density at radius 1 is 1.10 bits per heavy atom. The van der Waals surface area contributed by atoms with E-state index in [0.29, 0.717) is 18.0 Å². The minimum absolute atomic E-state index is 0.127. The molecule has 39 heavy (non-hydrogen) atoms. The van der Waals surface area contributed by atoms with Crippen LogP contribution in [-0.2, 0) is 27.2 Å². The quantitative estimate of drug-likeness (QED) is 0.329. The zero-order chi connectivity index (χ0) is 27.8. The number of rotatable bonds is 11. The van der Waals surface area contributed by atoms with Gasteiger partial charge in [-0.3, -0.25) is 14.4 Å². The number of nitrogens with one attached hydrogen (secondary N) is 3. The van der Waals surface area contributed by atoms with Gasteiger partial charge in [-0.2, -0.15) is 0 Å². The van der Waals surface area contributed by atoms with Crippen LogP contribution < -0.4 is 16.0 Å². The van der Waals surface area contributed by atoms with Crippen molar-refractivity contribution in [3.05, 3.63) is 75.8 Å². The normalized spacial score (nSPS) is 15.3. The third-order valence-electron chi connectivity index (χ3n) is 6.56. The van der Waals surface area contributed by atoms with Crippen LogP contribution in [0.2, 0.25) is 5.02 Å². The minimum atomic E-state index is -0.808. The van der Waals surface area contributed by atoms with E-state index in [-0.39, 0.29) is 43.1 Å². The van der Waals surface area contributed by atoms with Gasteiger partial charge in [-0.25, -0.2) is 4.98 Å². The van der Waals surface area contributed by atoms with Gasteiger partial charge >= 0.3 is 0 Å². The second kappa shape index (κ2) is 13.7. The SMILES string of the molecule is CCC(=O)NC(Cc1nc2ccc(Cl)cc2s1)C(=O)NC(CNC(=O)C1=CCCN(C)C1)Cc1ccccc1. The summed E-state index contributed by atoms with van der Waals surface area (Å²) in [7, 11) is 1.99. The predicted molar refractivity (Wildman–Crippen MR) is 156 cm³/mol. The predicted octanol–water partition coefficient (Wildman–Crippen LogP) is 3.49. The molecular formula is C29H34ClN5O3S. The standard InChI is InChI=1S/C29H34ClN5O3S/c1-3-26(36)33-24(16-27-34-23-12-11-21(30)15-25(23)39-27)29(38)32-22(14-19-8-5-4-6-9-19)17-31-28(37)20-10-7-13-35(2)18-20/h4-6,8-12,15,22,24H,3,7,13-14,16-18H2,1-2H3,(H,31,37)(H,32,38)(H,33,36). The molecule has 0 spiro atoms. The van der Waals surface area contributed by atoms with Crippen molar-refractivity contribution in [3.8, 4) is 0 Å². The van der Waals surface area contributed by atoms with E-state index in [0.717, 1.165) is 39.3 Å². The molecule has 1 aliphatic rings. The lowest BCUT2D eigenvalue weighted by Crippen LogP contribution is -2.53. The zero-order valence-corrected chi connectivity index (χ0v) is 23.8. The number of amides is 3. The monoisotopic (exact) mass is 567 g/mol. The smallest absolute Gasteiger partial charge is 0.248 e. The molecule has 0 bridgehead atoms. The molecule has 8 nitrogen and oxygen atoms in total. The first-order chi connectivity index (χ1) is 18.8. The first kappa shape index (κ1) is 28.7. The summed E-state index contributed by atoms with van der Waals surface area (Å²) >= 11 is 7.58. The lowest BCUT2D eigenvalue weighted by Gasteiger charge is -2.25. The van der Waals surface area contributed by atoms with Crippen LogP contribution in [0, 0.1) is 0 Å². The summed E-state index contributed by atoms with van der Waals surface area (Å²) in [5.41, 5.74) is 2.57. The fourth-order valence-corrected chi connectivity index (χ4v) is 5.76. The molecule has 3 aromatic rings. The van der Waals surface area contributed by atoms with Gasteiger partial charge in [-0.05, 0) is 43.7 Å². The molecule has 2 aromatic carbocycles. The van der Waals surface area contributed by atoms with Crippen LogP contribution in [0.4, 0.5) is 0 Å². The number of fused-ring (bicyclic) bond motifs is 1. The molecule has 4 rings (SSSR count). The number of halogens is 1. The minimum Gasteiger partial charge on any atom is -0.350 e. The van der Waals surface area contributed by atoms with Crippen LogP contribution >= 0.6 is 22.9 Å². The van der Waals surface area contributed by atoms with Crippen LogP contribution in [0.5, 0.6) is 0 Å². The number of nitrogens with zero attached hydrogens (tertiary/aromatic N) is 2. The lowest BCUT2D eigenvalue weighted by molar-refractivity contribution is -0.129. The van der Waals surface area contributed by atoms with Gasteiger partial charge in [0.1, 0.15) is 6.04 Å². The molecule has 1 aliphatic heterocycles. The van der Waals surface area contributed by atoms with Crippen LogP contribution in [0.1, 0.15) is 30.3 Å². The number of hydrogen-bond acceptors (Lipinski definition) is 6. The Morgan fingerprint density at radius 3 is 2.64 bits per heavy atom. The molecule has 2 unspecified atom stereocenters. The van der Waals surface area contributed by atoms with Crippen LogP contribution in [0.3, 0.4) is 0 Å². The van der Waals surface area contributed by atoms with Crippen LogP contribution in [0.25, 0.3) is 10.2 Å². The van der Waals surface area contributed by atoms with Crippen molar-refractivity contribution in [1.29, 1.82) is 0 Å². The van der Waals surface area contributed by atoms with Crippen molar-refractivity contribution in [3.63, 3.8) is 0 Å². The fourth-order valence-electron chi connectivity index (χ4n) is 4.48. The van der Waals surface area contributed by atoms with Crippen LogP contribution in [0.15, 0.2) is 60.2 Å². The van der Waals surface area contributed by atoms with Gasteiger partial charge in [0.05, 0.1) is 21.3 Å². The van der Waals surface area contributed by atoms with Gasteiger partial charge < -0.3 is 20.9 Å². The number of benzene rings is 2. The van der Waals surface area contributed by atoms with E-state index in [1.54, 1.807) is 13.0 Å². The van der Waals surface area contributed by atoms with E-state index in [1.165, 1.54) is 11.3 Å². The first-order valence-corrected chi connectivity index (χ1v) is 14.3.